The molecule has 2 unspecified atom stereocenters. The van der Waals surface area contributed by atoms with Crippen LogP contribution in [0.4, 0.5) is 0 Å². The van der Waals surface area contributed by atoms with Crippen LogP contribution in [0.3, 0.4) is 0 Å². The summed E-state index contributed by atoms with van der Waals surface area (Å²) in [6.45, 7) is 5.48. The fourth-order valence-corrected chi connectivity index (χ4v) is 4.07. The third-order valence-electron chi connectivity index (χ3n) is 4.98. The molecule has 2 heterocycles. The van der Waals surface area contributed by atoms with Gasteiger partial charge in [-0.3, -0.25) is 0 Å². The summed E-state index contributed by atoms with van der Waals surface area (Å²) < 4.78 is 0. The fourth-order valence-electron chi connectivity index (χ4n) is 4.07. The lowest BCUT2D eigenvalue weighted by Crippen LogP contribution is -2.56. The van der Waals surface area contributed by atoms with E-state index in [-0.39, 0.29) is 0 Å². The molecule has 0 N–H and O–H groups in total. The average molecular weight is 194 g/mol. The Bertz CT molecular complexity index is 234. The average Bonchev–Trinajstić information content (AvgIpc) is 2.45. The van der Waals surface area contributed by atoms with Crippen molar-refractivity contribution in [2.45, 2.75) is 19.3 Å². The van der Waals surface area contributed by atoms with Crippen LogP contribution in [0, 0.1) is 17.3 Å². The number of hydrogen-bond donors (Lipinski definition) is 0. The van der Waals surface area contributed by atoms with E-state index in [2.05, 4.69) is 23.9 Å². The first-order valence-electron chi connectivity index (χ1n) is 6.07. The number of rotatable bonds is 1. The van der Waals surface area contributed by atoms with Crippen LogP contribution >= 0.6 is 0 Å². The smallest absolute Gasteiger partial charge is 0.00382 e. The van der Waals surface area contributed by atoms with E-state index in [0.717, 1.165) is 17.3 Å². The fraction of sp³-hybridized carbons (Fsp3) is 1.00. The molecule has 2 heteroatoms. The molecule has 1 saturated carbocycles. The summed E-state index contributed by atoms with van der Waals surface area (Å²) in [5.41, 5.74) is 0.765. The van der Waals surface area contributed by atoms with Gasteiger partial charge in [-0.2, -0.15) is 0 Å². The van der Waals surface area contributed by atoms with Crippen LogP contribution in [-0.2, 0) is 0 Å². The largest absolute Gasteiger partial charge is 0.306 e. The topological polar surface area (TPSA) is 6.48 Å². The van der Waals surface area contributed by atoms with Gasteiger partial charge in [0, 0.05) is 19.6 Å². The minimum Gasteiger partial charge on any atom is -0.306 e. The van der Waals surface area contributed by atoms with Crippen molar-refractivity contribution in [2.75, 3.05) is 40.3 Å². The highest BCUT2D eigenvalue weighted by molar-refractivity contribution is 5.05. The van der Waals surface area contributed by atoms with Crippen molar-refractivity contribution in [1.82, 2.24) is 9.80 Å². The molecule has 0 aromatic heterocycles. The molecule has 1 aliphatic carbocycles. The molecule has 2 saturated heterocycles. The Morgan fingerprint density at radius 1 is 1.07 bits per heavy atom. The Morgan fingerprint density at radius 2 is 1.86 bits per heavy atom. The molecule has 2 atom stereocenters. The zero-order valence-electron chi connectivity index (χ0n) is 9.50. The normalized spacial score (nSPS) is 45.4. The SMILES string of the molecule is CN1CC(C2CCC23CCN(C)C3)C1. The van der Waals surface area contributed by atoms with E-state index >= 15 is 0 Å². The van der Waals surface area contributed by atoms with Crippen LogP contribution in [0.5, 0.6) is 0 Å². The van der Waals surface area contributed by atoms with Gasteiger partial charge in [0.25, 0.3) is 0 Å². The molecule has 0 aromatic carbocycles. The number of nitrogens with zero attached hydrogens (tertiary/aromatic N) is 2. The standard InChI is InChI=1S/C12H22N2/c1-13-6-5-12(9-13)4-3-11(12)10-7-14(2)8-10/h10-11H,3-9H2,1-2H3. The first-order chi connectivity index (χ1) is 6.70. The van der Waals surface area contributed by atoms with E-state index in [1.54, 1.807) is 0 Å². The van der Waals surface area contributed by atoms with Crippen molar-refractivity contribution in [1.29, 1.82) is 0 Å². The van der Waals surface area contributed by atoms with Crippen LogP contribution < -0.4 is 0 Å². The predicted molar refractivity (Wildman–Crippen MR) is 58.3 cm³/mol. The lowest BCUT2D eigenvalue weighted by atomic mass is 9.54. The maximum Gasteiger partial charge on any atom is 0.00382 e. The molecule has 2 aliphatic heterocycles. The van der Waals surface area contributed by atoms with Crippen LogP contribution in [0.25, 0.3) is 0 Å². The third-order valence-corrected chi connectivity index (χ3v) is 4.98. The van der Waals surface area contributed by atoms with E-state index < -0.39 is 0 Å². The molecular weight excluding hydrogens is 172 g/mol. The van der Waals surface area contributed by atoms with Crippen molar-refractivity contribution in [3.63, 3.8) is 0 Å². The van der Waals surface area contributed by atoms with Crippen molar-refractivity contribution in [2.24, 2.45) is 17.3 Å². The molecule has 3 aliphatic rings. The molecule has 2 nitrogen and oxygen atoms in total. The lowest BCUT2D eigenvalue weighted by molar-refractivity contribution is -0.0589. The third kappa shape index (κ3) is 1.17. The second-order valence-electron chi connectivity index (χ2n) is 5.98. The second-order valence-corrected chi connectivity index (χ2v) is 5.98. The summed E-state index contributed by atoms with van der Waals surface area (Å²) in [4.78, 5) is 5.00. The summed E-state index contributed by atoms with van der Waals surface area (Å²) in [6.07, 6.45) is 4.52. The van der Waals surface area contributed by atoms with E-state index in [0.29, 0.717) is 0 Å². The van der Waals surface area contributed by atoms with Gasteiger partial charge in [0.15, 0.2) is 0 Å². The van der Waals surface area contributed by atoms with Crippen LogP contribution in [0.1, 0.15) is 19.3 Å². The first kappa shape index (κ1) is 9.17. The zero-order valence-corrected chi connectivity index (χ0v) is 9.50. The first-order valence-corrected chi connectivity index (χ1v) is 6.07. The zero-order chi connectivity index (χ0) is 9.76. The van der Waals surface area contributed by atoms with Gasteiger partial charge >= 0.3 is 0 Å². The molecule has 80 valence electrons. The molecule has 0 radical (unpaired) electrons. The number of likely N-dealkylation sites (tertiary alicyclic amines) is 2. The van der Waals surface area contributed by atoms with Gasteiger partial charge in [-0.25, -0.2) is 0 Å². The maximum absolute atomic E-state index is 2.54. The lowest BCUT2D eigenvalue weighted by Gasteiger charge is -2.55. The van der Waals surface area contributed by atoms with E-state index in [4.69, 9.17) is 0 Å². The van der Waals surface area contributed by atoms with E-state index in [1.165, 1.54) is 45.4 Å². The van der Waals surface area contributed by atoms with Crippen molar-refractivity contribution in [3.05, 3.63) is 0 Å². The van der Waals surface area contributed by atoms with Crippen molar-refractivity contribution < 1.29 is 0 Å². The summed E-state index contributed by atoms with van der Waals surface area (Å²) >= 11 is 0. The summed E-state index contributed by atoms with van der Waals surface area (Å²) in [6, 6.07) is 0. The van der Waals surface area contributed by atoms with Gasteiger partial charge in [-0.1, -0.05) is 0 Å². The van der Waals surface area contributed by atoms with Gasteiger partial charge in [0.2, 0.25) is 0 Å². The monoisotopic (exact) mass is 194 g/mol. The van der Waals surface area contributed by atoms with Gasteiger partial charge in [-0.15, -0.1) is 0 Å². The molecular formula is C12H22N2. The summed E-state index contributed by atoms with van der Waals surface area (Å²) in [5, 5.41) is 0. The Balaban J connectivity index is 1.65. The maximum atomic E-state index is 2.54. The quantitative estimate of drug-likeness (QED) is 0.620. The second kappa shape index (κ2) is 2.96. The van der Waals surface area contributed by atoms with Crippen LogP contribution in [0.15, 0.2) is 0 Å². The van der Waals surface area contributed by atoms with Gasteiger partial charge in [-0.05, 0) is 57.2 Å². The Labute approximate surface area is 87.3 Å². The molecule has 3 fully saturated rings. The molecule has 0 bridgehead atoms. The van der Waals surface area contributed by atoms with E-state index in [1.807, 2.05) is 0 Å². The van der Waals surface area contributed by atoms with E-state index in [9.17, 15) is 0 Å². The molecule has 0 aromatic rings. The minimum absolute atomic E-state index is 0.765. The number of hydrogen-bond acceptors (Lipinski definition) is 2. The predicted octanol–water partition coefficient (Wildman–Crippen LogP) is 1.28. The summed E-state index contributed by atoms with van der Waals surface area (Å²) in [7, 11) is 4.54. The van der Waals surface area contributed by atoms with Crippen molar-refractivity contribution >= 4 is 0 Å². The highest BCUT2D eigenvalue weighted by atomic mass is 15.2. The van der Waals surface area contributed by atoms with Crippen LogP contribution in [0.2, 0.25) is 0 Å². The molecule has 3 rings (SSSR count). The highest BCUT2D eigenvalue weighted by Gasteiger charge is 2.54. The highest BCUT2D eigenvalue weighted by Crippen LogP contribution is 2.56. The molecule has 1 spiro atoms. The van der Waals surface area contributed by atoms with Gasteiger partial charge < -0.3 is 9.80 Å². The summed E-state index contributed by atoms with van der Waals surface area (Å²) in [5.74, 6) is 2.11. The Morgan fingerprint density at radius 3 is 2.29 bits per heavy atom. The minimum atomic E-state index is 0.765. The Hall–Kier alpha value is -0.0800. The molecule has 14 heavy (non-hydrogen) atoms. The Kier molecular flexibility index (Phi) is 1.94. The van der Waals surface area contributed by atoms with Crippen LogP contribution in [-0.4, -0.2) is 50.1 Å². The van der Waals surface area contributed by atoms with Gasteiger partial charge in [0.05, 0.1) is 0 Å². The van der Waals surface area contributed by atoms with Gasteiger partial charge in [0.1, 0.15) is 0 Å². The molecule has 0 amide bonds. The van der Waals surface area contributed by atoms with Crippen molar-refractivity contribution in [3.8, 4) is 0 Å².